The molecule has 4 bridgehead atoms. The van der Waals surface area contributed by atoms with Gasteiger partial charge in [-0.05, 0) is 63.2 Å². The van der Waals surface area contributed by atoms with Gasteiger partial charge in [-0.15, -0.1) is 0 Å². The van der Waals surface area contributed by atoms with Gasteiger partial charge >= 0.3 is 0 Å². The van der Waals surface area contributed by atoms with E-state index in [1.54, 1.807) is 0 Å². The molecule has 0 heterocycles. The molecule has 0 radical (unpaired) electrons. The van der Waals surface area contributed by atoms with E-state index in [1.807, 2.05) is 6.92 Å². The minimum Gasteiger partial charge on any atom is -0.329 e. The standard InChI is InChI=1S/C13H24N2O2S/c1-9(8-14)15-18(16,17)13-5-10-2-11(6-13)4-12(3-10)7-13/h9-12,15H,2-8,14H2,1H3. The van der Waals surface area contributed by atoms with Gasteiger partial charge in [-0.1, -0.05) is 0 Å². The highest BCUT2D eigenvalue weighted by Gasteiger charge is 2.57. The van der Waals surface area contributed by atoms with E-state index in [0.717, 1.165) is 19.3 Å². The van der Waals surface area contributed by atoms with E-state index in [-0.39, 0.29) is 6.04 Å². The van der Waals surface area contributed by atoms with Crippen LogP contribution in [0.15, 0.2) is 0 Å². The fraction of sp³-hybridized carbons (Fsp3) is 1.00. The van der Waals surface area contributed by atoms with Crippen molar-refractivity contribution in [2.75, 3.05) is 6.54 Å². The molecule has 0 saturated heterocycles. The van der Waals surface area contributed by atoms with Gasteiger partial charge < -0.3 is 5.73 Å². The Morgan fingerprint density at radius 2 is 1.61 bits per heavy atom. The van der Waals surface area contributed by atoms with Gasteiger partial charge in [0, 0.05) is 12.6 Å². The normalized spacial score (nSPS) is 44.2. The number of hydrogen-bond acceptors (Lipinski definition) is 3. The van der Waals surface area contributed by atoms with Gasteiger partial charge in [-0.25, -0.2) is 13.1 Å². The Hall–Kier alpha value is -0.130. The summed E-state index contributed by atoms with van der Waals surface area (Å²) in [7, 11) is -3.22. The van der Waals surface area contributed by atoms with Crippen LogP contribution in [0, 0.1) is 17.8 Å². The van der Waals surface area contributed by atoms with Crippen LogP contribution in [0.1, 0.15) is 45.4 Å². The molecule has 0 aromatic carbocycles. The van der Waals surface area contributed by atoms with E-state index in [2.05, 4.69) is 4.72 Å². The average molecular weight is 272 g/mol. The second-order valence-corrected chi connectivity index (χ2v) is 8.97. The lowest BCUT2D eigenvalue weighted by molar-refractivity contribution is 0.0332. The Bertz CT molecular complexity index is 397. The lowest BCUT2D eigenvalue weighted by Gasteiger charge is -2.55. The summed E-state index contributed by atoms with van der Waals surface area (Å²) in [6, 6.07) is -0.150. The molecule has 4 aliphatic rings. The molecule has 0 aliphatic heterocycles. The van der Waals surface area contributed by atoms with Crippen molar-refractivity contribution in [2.24, 2.45) is 23.5 Å². The Morgan fingerprint density at radius 3 is 2.00 bits per heavy atom. The van der Waals surface area contributed by atoms with Crippen LogP contribution in [0.3, 0.4) is 0 Å². The number of nitrogens with two attached hydrogens (primary N) is 1. The molecule has 104 valence electrons. The summed E-state index contributed by atoms with van der Waals surface area (Å²) in [5.74, 6) is 1.96. The molecule has 0 amide bonds. The van der Waals surface area contributed by atoms with Crippen molar-refractivity contribution >= 4 is 10.0 Å². The van der Waals surface area contributed by atoms with Gasteiger partial charge in [0.15, 0.2) is 0 Å². The molecule has 18 heavy (non-hydrogen) atoms. The first kappa shape index (κ1) is 12.9. The maximum atomic E-state index is 12.7. The third-order valence-corrected chi connectivity index (χ3v) is 7.61. The topological polar surface area (TPSA) is 72.2 Å². The van der Waals surface area contributed by atoms with E-state index in [4.69, 9.17) is 5.73 Å². The molecular formula is C13H24N2O2S. The summed E-state index contributed by atoms with van der Waals surface area (Å²) in [6.07, 6.45) is 6.44. The summed E-state index contributed by atoms with van der Waals surface area (Å²) in [6.45, 7) is 2.21. The first-order chi connectivity index (χ1) is 8.44. The van der Waals surface area contributed by atoms with E-state index >= 15 is 0 Å². The Balaban J connectivity index is 1.86. The molecule has 4 fully saturated rings. The number of sulfonamides is 1. The van der Waals surface area contributed by atoms with Crippen LogP contribution >= 0.6 is 0 Å². The van der Waals surface area contributed by atoms with Gasteiger partial charge in [-0.2, -0.15) is 0 Å². The fourth-order valence-corrected chi connectivity index (χ4v) is 7.04. The number of nitrogens with one attached hydrogen (secondary N) is 1. The molecule has 1 unspecified atom stereocenters. The van der Waals surface area contributed by atoms with Crippen molar-refractivity contribution in [3.05, 3.63) is 0 Å². The highest BCUT2D eigenvalue weighted by atomic mass is 32.2. The van der Waals surface area contributed by atoms with Gasteiger partial charge in [0.25, 0.3) is 0 Å². The zero-order valence-corrected chi connectivity index (χ0v) is 11.9. The smallest absolute Gasteiger partial charge is 0.217 e. The summed E-state index contributed by atoms with van der Waals surface area (Å²) in [5, 5.41) is 0. The zero-order chi connectivity index (χ0) is 13.0. The first-order valence-corrected chi connectivity index (χ1v) is 8.64. The molecule has 5 heteroatoms. The molecule has 4 nitrogen and oxygen atoms in total. The lowest BCUT2D eigenvalue weighted by atomic mass is 9.56. The van der Waals surface area contributed by atoms with Crippen LogP contribution in [0.25, 0.3) is 0 Å². The summed E-state index contributed by atoms with van der Waals surface area (Å²) < 4.78 is 27.7. The second-order valence-electron chi connectivity index (χ2n) is 6.86. The second kappa shape index (κ2) is 4.18. The molecule has 4 saturated carbocycles. The van der Waals surface area contributed by atoms with E-state index in [1.165, 1.54) is 19.3 Å². The van der Waals surface area contributed by atoms with E-state index in [9.17, 15) is 8.42 Å². The Morgan fingerprint density at radius 1 is 1.17 bits per heavy atom. The highest BCUT2D eigenvalue weighted by molar-refractivity contribution is 7.90. The van der Waals surface area contributed by atoms with Crippen LogP contribution in [0.4, 0.5) is 0 Å². The minimum atomic E-state index is -3.22. The SMILES string of the molecule is CC(CN)NS(=O)(=O)C12CC3CC(CC(C3)C1)C2. The van der Waals surface area contributed by atoms with Crippen LogP contribution in [-0.4, -0.2) is 25.8 Å². The third-order valence-electron chi connectivity index (χ3n) is 5.26. The molecular weight excluding hydrogens is 248 g/mol. The van der Waals surface area contributed by atoms with Crippen LogP contribution in [0.5, 0.6) is 0 Å². The maximum Gasteiger partial charge on any atom is 0.217 e. The minimum absolute atomic E-state index is 0.150. The average Bonchev–Trinajstić information content (AvgIpc) is 2.26. The van der Waals surface area contributed by atoms with Crippen molar-refractivity contribution < 1.29 is 8.42 Å². The molecule has 3 N–H and O–H groups in total. The van der Waals surface area contributed by atoms with Crippen molar-refractivity contribution in [1.29, 1.82) is 0 Å². The first-order valence-electron chi connectivity index (χ1n) is 7.16. The van der Waals surface area contributed by atoms with Crippen LogP contribution < -0.4 is 10.5 Å². The highest BCUT2D eigenvalue weighted by Crippen LogP contribution is 2.58. The van der Waals surface area contributed by atoms with Crippen molar-refractivity contribution in [1.82, 2.24) is 4.72 Å². The van der Waals surface area contributed by atoms with Crippen molar-refractivity contribution in [3.8, 4) is 0 Å². The Labute approximate surface area is 110 Å². The van der Waals surface area contributed by atoms with Crippen molar-refractivity contribution in [2.45, 2.75) is 56.2 Å². The van der Waals surface area contributed by atoms with E-state index < -0.39 is 14.8 Å². The zero-order valence-electron chi connectivity index (χ0n) is 11.1. The predicted octanol–water partition coefficient (Wildman–Crippen LogP) is 1.22. The van der Waals surface area contributed by atoms with Gasteiger partial charge in [0.2, 0.25) is 10.0 Å². The molecule has 4 rings (SSSR count). The van der Waals surface area contributed by atoms with Gasteiger partial charge in [0.1, 0.15) is 0 Å². The largest absolute Gasteiger partial charge is 0.329 e. The monoisotopic (exact) mass is 272 g/mol. The third kappa shape index (κ3) is 1.91. The van der Waals surface area contributed by atoms with E-state index in [0.29, 0.717) is 24.3 Å². The Kier molecular flexibility index (Phi) is 2.99. The van der Waals surface area contributed by atoms with Gasteiger partial charge in [0.05, 0.1) is 4.75 Å². The lowest BCUT2D eigenvalue weighted by Crippen LogP contribution is -2.59. The fourth-order valence-electron chi connectivity index (χ4n) is 4.80. The number of rotatable bonds is 4. The van der Waals surface area contributed by atoms with Crippen LogP contribution in [0.2, 0.25) is 0 Å². The number of hydrogen-bond donors (Lipinski definition) is 2. The van der Waals surface area contributed by atoms with Crippen LogP contribution in [-0.2, 0) is 10.0 Å². The van der Waals surface area contributed by atoms with Gasteiger partial charge in [-0.3, -0.25) is 0 Å². The quantitative estimate of drug-likeness (QED) is 0.808. The molecule has 4 aliphatic carbocycles. The molecule has 1 atom stereocenters. The summed E-state index contributed by atoms with van der Waals surface area (Å²) in [4.78, 5) is 0. The maximum absolute atomic E-state index is 12.7. The summed E-state index contributed by atoms with van der Waals surface area (Å²) >= 11 is 0. The summed E-state index contributed by atoms with van der Waals surface area (Å²) in [5.41, 5.74) is 5.54. The molecule has 0 spiro atoms. The molecule has 0 aromatic heterocycles. The van der Waals surface area contributed by atoms with Crippen molar-refractivity contribution in [3.63, 3.8) is 0 Å². The predicted molar refractivity (Wildman–Crippen MR) is 71.5 cm³/mol. The molecule has 0 aromatic rings.